The standard InChI is InChI=1S/C21H28N4O5S2/c1-15-7-8-16(13-20(15)31(22,27)28)23-21(26)18-14-17(32(29,30)24(2)3)9-10-19(18)25-11-5-4-6-12-25/h7-10,13-14H,4-6,11-12H2,1-3H3,(H,23,26)(H2,22,27,28). The van der Waals surface area contributed by atoms with Gasteiger partial charge in [0.25, 0.3) is 5.91 Å². The number of aryl methyl sites for hydroxylation is 1. The normalized spacial score (nSPS) is 15.1. The number of nitrogens with two attached hydrogens (primary N) is 1. The largest absolute Gasteiger partial charge is 0.371 e. The molecule has 3 rings (SSSR count). The molecular formula is C21H28N4O5S2. The summed E-state index contributed by atoms with van der Waals surface area (Å²) >= 11 is 0. The van der Waals surface area contributed by atoms with Crippen LogP contribution in [-0.2, 0) is 20.0 Å². The van der Waals surface area contributed by atoms with Crippen LogP contribution >= 0.6 is 0 Å². The van der Waals surface area contributed by atoms with E-state index < -0.39 is 26.0 Å². The number of benzene rings is 2. The number of hydrogen-bond acceptors (Lipinski definition) is 6. The molecule has 0 spiro atoms. The van der Waals surface area contributed by atoms with Crippen molar-refractivity contribution < 1.29 is 21.6 Å². The predicted octanol–water partition coefficient (Wildman–Crippen LogP) is 2.14. The molecular weight excluding hydrogens is 452 g/mol. The van der Waals surface area contributed by atoms with E-state index in [4.69, 9.17) is 5.14 Å². The Morgan fingerprint density at radius 1 is 1.00 bits per heavy atom. The lowest BCUT2D eigenvalue weighted by molar-refractivity contribution is 0.102. The van der Waals surface area contributed by atoms with Gasteiger partial charge in [0.1, 0.15) is 0 Å². The van der Waals surface area contributed by atoms with Crippen molar-refractivity contribution in [1.29, 1.82) is 0 Å². The Bertz CT molecular complexity index is 1230. The van der Waals surface area contributed by atoms with Crippen LogP contribution in [0.3, 0.4) is 0 Å². The molecule has 0 atom stereocenters. The maximum Gasteiger partial charge on any atom is 0.257 e. The number of primary sulfonamides is 1. The van der Waals surface area contributed by atoms with Crippen LogP contribution in [0.4, 0.5) is 11.4 Å². The number of carbonyl (C=O) groups excluding carboxylic acids is 1. The monoisotopic (exact) mass is 480 g/mol. The van der Waals surface area contributed by atoms with Gasteiger partial charge in [-0.2, -0.15) is 0 Å². The quantitative estimate of drug-likeness (QED) is 0.651. The number of anilines is 2. The number of nitrogens with zero attached hydrogens (tertiary/aromatic N) is 2. The molecule has 0 radical (unpaired) electrons. The summed E-state index contributed by atoms with van der Waals surface area (Å²) in [6.45, 7) is 3.13. The van der Waals surface area contributed by atoms with Crippen molar-refractivity contribution in [2.75, 3.05) is 37.4 Å². The van der Waals surface area contributed by atoms with Crippen LogP contribution in [0.2, 0.25) is 0 Å². The average molecular weight is 481 g/mol. The molecule has 11 heteroatoms. The molecule has 9 nitrogen and oxygen atoms in total. The van der Waals surface area contributed by atoms with Crippen molar-refractivity contribution in [3.63, 3.8) is 0 Å². The third-order valence-electron chi connectivity index (χ3n) is 5.44. The van der Waals surface area contributed by atoms with Gasteiger partial charge >= 0.3 is 0 Å². The first-order valence-electron chi connectivity index (χ1n) is 10.2. The Kier molecular flexibility index (Phi) is 6.94. The summed E-state index contributed by atoms with van der Waals surface area (Å²) in [6, 6.07) is 8.94. The van der Waals surface area contributed by atoms with Gasteiger partial charge in [0.2, 0.25) is 20.0 Å². The van der Waals surface area contributed by atoms with Gasteiger partial charge in [-0.1, -0.05) is 6.07 Å². The van der Waals surface area contributed by atoms with Crippen molar-refractivity contribution >= 4 is 37.3 Å². The topological polar surface area (TPSA) is 130 Å². The second-order valence-corrected chi connectivity index (χ2v) is 11.7. The highest BCUT2D eigenvalue weighted by atomic mass is 32.2. The molecule has 1 aliphatic rings. The fourth-order valence-corrected chi connectivity index (χ4v) is 5.40. The highest BCUT2D eigenvalue weighted by Crippen LogP contribution is 2.29. The summed E-state index contributed by atoms with van der Waals surface area (Å²) in [7, 11) is -4.86. The first-order valence-corrected chi connectivity index (χ1v) is 13.2. The Hall–Kier alpha value is -2.47. The SMILES string of the molecule is Cc1ccc(NC(=O)c2cc(S(=O)(=O)N(C)C)ccc2N2CCCCC2)cc1S(N)(=O)=O. The number of carbonyl (C=O) groups is 1. The zero-order valence-corrected chi connectivity index (χ0v) is 20.0. The van der Waals surface area contributed by atoms with Crippen LogP contribution in [0, 0.1) is 6.92 Å². The first-order chi connectivity index (χ1) is 14.9. The Labute approximate surface area is 189 Å². The molecule has 0 aromatic heterocycles. The summed E-state index contributed by atoms with van der Waals surface area (Å²) in [4.78, 5) is 15.2. The lowest BCUT2D eigenvalue weighted by Gasteiger charge is -2.30. The average Bonchev–Trinajstić information content (AvgIpc) is 2.74. The molecule has 174 valence electrons. The number of rotatable bonds is 6. The minimum absolute atomic E-state index is 0.00235. The van der Waals surface area contributed by atoms with Gasteiger partial charge < -0.3 is 10.2 Å². The molecule has 1 fully saturated rings. The van der Waals surface area contributed by atoms with Crippen molar-refractivity contribution in [1.82, 2.24) is 4.31 Å². The fraction of sp³-hybridized carbons (Fsp3) is 0.381. The van der Waals surface area contributed by atoms with Crippen LogP contribution in [0.25, 0.3) is 0 Å². The van der Waals surface area contributed by atoms with E-state index in [2.05, 4.69) is 10.2 Å². The molecule has 2 aromatic carbocycles. The number of piperidine rings is 1. The second-order valence-electron chi connectivity index (χ2n) is 7.99. The van der Waals surface area contributed by atoms with Gasteiger partial charge in [-0.25, -0.2) is 26.3 Å². The highest BCUT2D eigenvalue weighted by molar-refractivity contribution is 7.89. The van der Waals surface area contributed by atoms with E-state index in [1.54, 1.807) is 25.1 Å². The summed E-state index contributed by atoms with van der Waals surface area (Å²) in [5, 5.41) is 7.96. The predicted molar refractivity (Wildman–Crippen MR) is 124 cm³/mol. The van der Waals surface area contributed by atoms with Crippen molar-refractivity contribution in [3.05, 3.63) is 47.5 Å². The molecule has 0 aliphatic carbocycles. The maximum absolute atomic E-state index is 13.2. The number of hydrogen-bond donors (Lipinski definition) is 2. The third kappa shape index (κ3) is 5.12. The zero-order valence-electron chi connectivity index (χ0n) is 18.3. The number of amides is 1. The van der Waals surface area contributed by atoms with E-state index in [0.717, 1.165) is 36.7 Å². The van der Waals surface area contributed by atoms with Crippen molar-refractivity contribution in [2.24, 2.45) is 5.14 Å². The molecule has 0 bridgehead atoms. The first kappa shape index (κ1) is 24.2. The van der Waals surface area contributed by atoms with E-state index in [-0.39, 0.29) is 21.0 Å². The van der Waals surface area contributed by atoms with E-state index in [1.807, 2.05) is 0 Å². The molecule has 1 heterocycles. The van der Waals surface area contributed by atoms with Crippen LogP contribution in [0.5, 0.6) is 0 Å². The van der Waals surface area contributed by atoms with E-state index in [9.17, 15) is 21.6 Å². The Morgan fingerprint density at radius 3 is 2.25 bits per heavy atom. The fourth-order valence-electron chi connectivity index (χ4n) is 3.66. The van der Waals surface area contributed by atoms with E-state index >= 15 is 0 Å². The van der Waals surface area contributed by atoms with Gasteiger partial charge in [-0.3, -0.25) is 4.79 Å². The summed E-state index contributed by atoms with van der Waals surface area (Å²) < 4.78 is 50.0. The summed E-state index contributed by atoms with van der Waals surface area (Å²) in [6.07, 6.45) is 3.06. The molecule has 0 unspecified atom stereocenters. The molecule has 0 saturated carbocycles. The Balaban J connectivity index is 2.04. The maximum atomic E-state index is 13.2. The van der Waals surface area contributed by atoms with Crippen molar-refractivity contribution in [3.8, 4) is 0 Å². The van der Waals surface area contributed by atoms with Gasteiger partial charge in [0.05, 0.1) is 15.4 Å². The lowest BCUT2D eigenvalue weighted by atomic mass is 10.1. The van der Waals surface area contributed by atoms with Crippen LogP contribution < -0.4 is 15.4 Å². The minimum Gasteiger partial charge on any atom is -0.371 e. The third-order valence-corrected chi connectivity index (χ3v) is 8.30. The summed E-state index contributed by atoms with van der Waals surface area (Å²) in [5.74, 6) is -0.536. The number of sulfonamides is 2. The van der Waals surface area contributed by atoms with Gasteiger partial charge in [-0.05, 0) is 62.1 Å². The molecule has 1 amide bonds. The lowest BCUT2D eigenvalue weighted by Crippen LogP contribution is -2.32. The van der Waals surface area contributed by atoms with Crippen LogP contribution in [0.15, 0.2) is 46.2 Å². The molecule has 1 saturated heterocycles. The summed E-state index contributed by atoms with van der Waals surface area (Å²) in [5.41, 5.74) is 1.54. The molecule has 2 aromatic rings. The minimum atomic E-state index is -3.96. The molecule has 32 heavy (non-hydrogen) atoms. The second kappa shape index (κ2) is 9.18. The smallest absolute Gasteiger partial charge is 0.257 e. The van der Waals surface area contributed by atoms with Crippen molar-refractivity contribution in [2.45, 2.75) is 36.0 Å². The Morgan fingerprint density at radius 2 is 1.66 bits per heavy atom. The van der Waals surface area contributed by atoms with Gasteiger partial charge in [0, 0.05) is 38.6 Å². The van der Waals surface area contributed by atoms with E-state index in [0.29, 0.717) is 11.3 Å². The van der Waals surface area contributed by atoms with Crippen LogP contribution in [0.1, 0.15) is 35.2 Å². The highest BCUT2D eigenvalue weighted by Gasteiger charge is 2.24. The van der Waals surface area contributed by atoms with E-state index in [1.165, 1.54) is 32.3 Å². The van der Waals surface area contributed by atoms with Crippen LogP contribution in [-0.4, -0.2) is 54.2 Å². The molecule has 1 aliphatic heterocycles. The molecule has 3 N–H and O–H groups in total. The number of nitrogens with one attached hydrogen (secondary N) is 1. The van der Waals surface area contributed by atoms with Gasteiger partial charge in [0.15, 0.2) is 0 Å². The zero-order chi connectivity index (χ0) is 23.7. The van der Waals surface area contributed by atoms with Gasteiger partial charge in [-0.15, -0.1) is 0 Å².